The van der Waals surface area contributed by atoms with Gasteiger partial charge in [-0.15, -0.1) is 11.3 Å². The minimum atomic E-state index is -0.688. The predicted octanol–water partition coefficient (Wildman–Crippen LogP) is 4.71. The van der Waals surface area contributed by atoms with E-state index in [1.54, 1.807) is 24.3 Å². The van der Waals surface area contributed by atoms with E-state index in [4.69, 9.17) is 0 Å². The van der Waals surface area contributed by atoms with Gasteiger partial charge in [0.1, 0.15) is 11.8 Å². The lowest BCUT2D eigenvalue weighted by Crippen LogP contribution is -2.32. The molecule has 10 heteroatoms. The van der Waals surface area contributed by atoms with Gasteiger partial charge in [0.25, 0.3) is 0 Å². The molecule has 3 amide bonds. The van der Waals surface area contributed by atoms with Crippen LogP contribution in [0.1, 0.15) is 21.2 Å². The van der Waals surface area contributed by atoms with Gasteiger partial charge in [0, 0.05) is 21.4 Å². The Kier molecular flexibility index (Phi) is 6.10. The van der Waals surface area contributed by atoms with Gasteiger partial charge in [-0.1, -0.05) is 65.6 Å². The molecule has 0 saturated carbocycles. The first-order valence-electron chi connectivity index (χ1n) is 11.7. The highest BCUT2D eigenvalue weighted by Crippen LogP contribution is 2.54. The number of aromatic nitrogens is 1. The van der Waals surface area contributed by atoms with Crippen LogP contribution in [0, 0.1) is 12.8 Å². The van der Waals surface area contributed by atoms with E-state index < -0.39 is 17.1 Å². The number of hydrogen-bond acceptors (Lipinski definition) is 7. The lowest BCUT2D eigenvalue weighted by atomic mass is 9.87. The summed E-state index contributed by atoms with van der Waals surface area (Å²) in [6.45, 7) is 1.72. The van der Waals surface area contributed by atoms with E-state index >= 15 is 0 Å². The molecule has 1 saturated heterocycles. The second-order valence-electron chi connectivity index (χ2n) is 8.89. The number of imide groups is 1. The van der Waals surface area contributed by atoms with E-state index in [1.165, 1.54) is 32.6 Å². The summed E-state index contributed by atoms with van der Waals surface area (Å²) in [5.41, 5.74) is 2.14. The van der Waals surface area contributed by atoms with E-state index in [9.17, 15) is 19.2 Å². The summed E-state index contributed by atoms with van der Waals surface area (Å²) >= 11 is 3.78. The SMILES string of the molecule is Cc1ccccc1NC(=O)Cn1c2c(sc1=O)[C@@H](c1cccs1)[C@@H]1C(=O)N(c3ccccc3)C(=O)[C@@H]1S2. The molecule has 4 heterocycles. The molecule has 2 aromatic carbocycles. The van der Waals surface area contributed by atoms with Crippen LogP contribution in [0.4, 0.5) is 11.4 Å². The molecular formula is C27H21N3O4S3. The molecule has 0 spiro atoms. The lowest BCUT2D eigenvalue weighted by Gasteiger charge is -2.29. The summed E-state index contributed by atoms with van der Waals surface area (Å²) in [6, 6.07) is 20.2. The number of thiophene rings is 1. The monoisotopic (exact) mass is 547 g/mol. The van der Waals surface area contributed by atoms with E-state index in [-0.39, 0.29) is 29.1 Å². The minimum absolute atomic E-state index is 0.176. The number of nitrogens with one attached hydrogen (secondary N) is 1. The van der Waals surface area contributed by atoms with Gasteiger partial charge in [0.2, 0.25) is 17.7 Å². The second kappa shape index (κ2) is 9.44. The van der Waals surface area contributed by atoms with Crippen molar-refractivity contribution in [2.45, 2.75) is 29.7 Å². The molecule has 4 aromatic rings. The maximum atomic E-state index is 13.7. The molecular weight excluding hydrogens is 527 g/mol. The Morgan fingerprint density at radius 1 is 0.946 bits per heavy atom. The van der Waals surface area contributed by atoms with Crippen LogP contribution in [0.3, 0.4) is 0 Å². The number of carbonyl (C=O) groups excluding carboxylic acids is 3. The van der Waals surface area contributed by atoms with Gasteiger partial charge in [0.15, 0.2) is 0 Å². The molecule has 2 aromatic heterocycles. The van der Waals surface area contributed by atoms with Crippen LogP contribution < -0.4 is 15.1 Å². The number of fused-ring (bicyclic) bond motifs is 2. The summed E-state index contributed by atoms with van der Waals surface area (Å²) in [5.74, 6) is -1.94. The number of thiazole rings is 1. The molecule has 2 aliphatic heterocycles. The summed E-state index contributed by atoms with van der Waals surface area (Å²) in [5, 5.41) is 4.71. The van der Waals surface area contributed by atoms with E-state index in [1.807, 2.05) is 54.8 Å². The van der Waals surface area contributed by atoms with E-state index in [0.29, 0.717) is 16.4 Å². The molecule has 186 valence electrons. The minimum Gasteiger partial charge on any atom is -0.324 e. The maximum absolute atomic E-state index is 13.7. The Morgan fingerprint density at radius 2 is 1.70 bits per heavy atom. The average Bonchev–Trinajstić information content (AvgIpc) is 3.59. The van der Waals surface area contributed by atoms with Crippen LogP contribution in [0.25, 0.3) is 0 Å². The van der Waals surface area contributed by atoms with Crippen LogP contribution in [0.15, 0.2) is 81.9 Å². The molecule has 0 aliphatic carbocycles. The van der Waals surface area contributed by atoms with Gasteiger partial charge in [-0.25, -0.2) is 4.90 Å². The molecule has 1 fully saturated rings. The zero-order valence-electron chi connectivity index (χ0n) is 19.6. The van der Waals surface area contributed by atoms with E-state index in [0.717, 1.165) is 26.7 Å². The molecule has 37 heavy (non-hydrogen) atoms. The summed E-state index contributed by atoms with van der Waals surface area (Å²) in [6.07, 6.45) is 0. The van der Waals surface area contributed by atoms with Gasteiger partial charge >= 0.3 is 4.87 Å². The highest BCUT2D eigenvalue weighted by molar-refractivity contribution is 8.00. The third kappa shape index (κ3) is 4.05. The number of hydrogen-bond donors (Lipinski definition) is 1. The summed E-state index contributed by atoms with van der Waals surface area (Å²) in [7, 11) is 0. The van der Waals surface area contributed by atoms with Crippen molar-refractivity contribution in [3.05, 3.63) is 97.1 Å². The number of para-hydroxylation sites is 2. The van der Waals surface area contributed by atoms with Crippen molar-refractivity contribution >= 4 is 63.5 Å². The maximum Gasteiger partial charge on any atom is 0.308 e. The number of thioether (sulfide) groups is 1. The van der Waals surface area contributed by atoms with Gasteiger partial charge in [-0.3, -0.25) is 23.7 Å². The number of nitrogens with zero attached hydrogens (tertiary/aromatic N) is 2. The van der Waals surface area contributed by atoms with Gasteiger partial charge < -0.3 is 5.32 Å². The molecule has 2 aliphatic rings. The fraction of sp³-hybridized carbons (Fsp3) is 0.185. The summed E-state index contributed by atoms with van der Waals surface area (Å²) in [4.78, 5) is 56.1. The van der Waals surface area contributed by atoms with Crippen LogP contribution >= 0.6 is 34.4 Å². The Morgan fingerprint density at radius 3 is 2.43 bits per heavy atom. The van der Waals surface area contributed by atoms with Crippen molar-refractivity contribution < 1.29 is 14.4 Å². The first kappa shape index (κ1) is 23.9. The van der Waals surface area contributed by atoms with E-state index in [2.05, 4.69) is 5.32 Å². The number of carbonyl (C=O) groups is 3. The molecule has 7 nitrogen and oxygen atoms in total. The topological polar surface area (TPSA) is 88.5 Å². The van der Waals surface area contributed by atoms with Crippen molar-refractivity contribution in [1.82, 2.24) is 4.57 Å². The van der Waals surface area contributed by atoms with Gasteiger partial charge in [-0.2, -0.15) is 0 Å². The molecule has 0 unspecified atom stereocenters. The number of amides is 3. The largest absolute Gasteiger partial charge is 0.324 e. The normalized spacial score (nSPS) is 20.6. The van der Waals surface area contributed by atoms with Crippen molar-refractivity contribution in [3.8, 4) is 0 Å². The standard InChI is InChI=1S/C27H21N3O4S3/c1-15-8-5-6-11-17(15)28-19(31)14-29-26-23(37-27(29)34)20(18-12-7-13-35-18)21-22(36-26)25(33)30(24(21)32)16-9-3-2-4-10-16/h2-13,20-22H,14H2,1H3,(H,28,31)/t20-,21-,22+/m0/s1. The lowest BCUT2D eigenvalue weighted by molar-refractivity contribution is -0.122. The van der Waals surface area contributed by atoms with Crippen LogP contribution in [-0.4, -0.2) is 27.5 Å². The third-order valence-corrected chi connectivity index (χ3v) is 10.2. The van der Waals surface area contributed by atoms with Crippen LogP contribution in [-0.2, 0) is 20.9 Å². The second-order valence-corrected chi connectivity index (χ2v) is 12.0. The summed E-state index contributed by atoms with van der Waals surface area (Å²) < 4.78 is 1.44. The predicted molar refractivity (Wildman–Crippen MR) is 147 cm³/mol. The van der Waals surface area contributed by atoms with Crippen molar-refractivity contribution in [1.29, 1.82) is 0 Å². The fourth-order valence-electron chi connectivity index (χ4n) is 4.91. The fourth-order valence-corrected chi connectivity index (χ4v) is 8.63. The first-order chi connectivity index (χ1) is 17.9. The molecule has 3 atom stereocenters. The third-order valence-electron chi connectivity index (χ3n) is 6.63. The number of benzene rings is 2. The zero-order valence-corrected chi connectivity index (χ0v) is 22.1. The highest BCUT2D eigenvalue weighted by Gasteiger charge is 2.57. The molecule has 0 radical (unpaired) electrons. The Bertz CT molecular complexity index is 1580. The number of aryl methyl sites for hydroxylation is 1. The van der Waals surface area contributed by atoms with Crippen LogP contribution in [0.2, 0.25) is 0 Å². The van der Waals surface area contributed by atoms with Gasteiger partial charge in [-0.05, 0) is 42.1 Å². The average molecular weight is 548 g/mol. The van der Waals surface area contributed by atoms with Crippen LogP contribution in [0.5, 0.6) is 0 Å². The highest BCUT2D eigenvalue weighted by atomic mass is 32.2. The van der Waals surface area contributed by atoms with Crippen molar-refractivity contribution in [2.24, 2.45) is 5.92 Å². The Labute approximate surface area is 224 Å². The van der Waals surface area contributed by atoms with Gasteiger partial charge in [0.05, 0.1) is 16.6 Å². The van der Waals surface area contributed by atoms with Crippen molar-refractivity contribution in [2.75, 3.05) is 10.2 Å². The Balaban J connectivity index is 1.39. The first-order valence-corrected chi connectivity index (χ1v) is 14.2. The molecule has 1 N–H and O–H groups in total. The number of rotatable bonds is 5. The molecule has 0 bridgehead atoms. The quantitative estimate of drug-likeness (QED) is 0.366. The smallest absolute Gasteiger partial charge is 0.308 e. The number of anilines is 2. The Hall–Kier alpha value is -3.47. The molecule has 6 rings (SSSR count). The van der Waals surface area contributed by atoms with Crippen molar-refractivity contribution in [3.63, 3.8) is 0 Å². The zero-order chi connectivity index (χ0) is 25.7.